The zero-order chi connectivity index (χ0) is 18.3. The third-order valence-corrected chi connectivity index (χ3v) is 5.88. The molecule has 0 spiro atoms. The van der Waals surface area contributed by atoms with E-state index in [1.807, 2.05) is 11.0 Å². The first-order valence-electron chi connectivity index (χ1n) is 9.20. The molecule has 7 heteroatoms. The first-order valence-corrected chi connectivity index (χ1v) is 9.57. The van der Waals surface area contributed by atoms with E-state index in [4.69, 9.17) is 11.6 Å². The van der Waals surface area contributed by atoms with E-state index in [0.717, 1.165) is 25.1 Å². The number of rotatable bonds is 3. The van der Waals surface area contributed by atoms with Crippen molar-refractivity contribution in [2.75, 3.05) is 31.1 Å². The van der Waals surface area contributed by atoms with Crippen molar-refractivity contribution in [2.45, 2.75) is 31.7 Å². The van der Waals surface area contributed by atoms with Gasteiger partial charge < -0.3 is 14.7 Å². The van der Waals surface area contributed by atoms with Crippen molar-refractivity contribution in [1.82, 2.24) is 9.80 Å². The molecule has 0 aromatic heterocycles. The second kappa shape index (κ2) is 6.91. The van der Waals surface area contributed by atoms with Crippen LogP contribution in [0.15, 0.2) is 24.3 Å². The first kappa shape index (κ1) is 17.3. The fraction of sp³-hybridized carbons (Fsp3) is 0.526. The number of likely N-dealkylation sites (tertiary alicyclic amines) is 2. The molecule has 6 nitrogen and oxygen atoms in total. The van der Waals surface area contributed by atoms with Crippen molar-refractivity contribution in [3.05, 3.63) is 29.3 Å². The molecular weight excluding hydrogens is 354 g/mol. The molecule has 1 aromatic rings. The fourth-order valence-electron chi connectivity index (χ4n) is 4.28. The van der Waals surface area contributed by atoms with E-state index in [1.165, 1.54) is 0 Å². The van der Waals surface area contributed by atoms with Crippen LogP contribution in [0.25, 0.3) is 0 Å². The molecule has 2 atom stereocenters. The smallest absolute Gasteiger partial charge is 0.239 e. The van der Waals surface area contributed by atoms with Crippen LogP contribution in [0.1, 0.15) is 25.7 Å². The summed E-state index contributed by atoms with van der Waals surface area (Å²) < 4.78 is 0. The largest absolute Gasteiger partial charge is 0.340 e. The Morgan fingerprint density at radius 2 is 1.96 bits per heavy atom. The molecule has 0 radical (unpaired) electrons. The summed E-state index contributed by atoms with van der Waals surface area (Å²) >= 11 is 6.02. The van der Waals surface area contributed by atoms with Gasteiger partial charge in [-0.2, -0.15) is 0 Å². The first-order chi connectivity index (χ1) is 12.5. The van der Waals surface area contributed by atoms with E-state index in [0.29, 0.717) is 37.5 Å². The molecule has 1 aromatic carbocycles. The lowest BCUT2D eigenvalue weighted by molar-refractivity contribution is -0.139. The number of hydrogen-bond acceptors (Lipinski definition) is 3. The summed E-state index contributed by atoms with van der Waals surface area (Å²) in [6, 6.07) is 7.25. The lowest BCUT2D eigenvalue weighted by Crippen LogP contribution is -2.42. The zero-order valence-electron chi connectivity index (χ0n) is 14.6. The predicted octanol–water partition coefficient (Wildman–Crippen LogP) is 1.92. The number of hydrogen-bond donors (Lipinski definition) is 0. The van der Waals surface area contributed by atoms with E-state index in [-0.39, 0.29) is 23.8 Å². The Hall–Kier alpha value is -2.08. The lowest BCUT2D eigenvalue weighted by atomic mass is 10.1. The Bertz CT molecular complexity index is 753. The lowest BCUT2D eigenvalue weighted by Gasteiger charge is -2.25. The van der Waals surface area contributed by atoms with Gasteiger partial charge in [-0.15, -0.1) is 0 Å². The molecule has 3 saturated heterocycles. The molecule has 138 valence electrons. The number of carbonyl (C=O) groups excluding carboxylic acids is 3. The van der Waals surface area contributed by atoms with Crippen LogP contribution in [0.5, 0.6) is 0 Å². The fourth-order valence-corrected chi connectivity index (χ4v) is 4.47. The molecule has 3 fully saturated rings. The highest BCUT2D eigenvalue weighted by Crippen LogP contribution is 2.30. The molecule has 0 N–H and O–H groups in total. The van der Waals surface area contributed by atoms with Gasteiger partial charge in [-0.25, -0.2) is 0 Å². The van der Waals surface area contributed by atoms with E-state index in [2.05, 4.69) is 0 Å². The highest BCUT2D eigenvalue weighted by molar-refractivity contribution is 6.31. The normalized spacial score (nSPS) is 26.3. The van der Waals surface area contributed by atoms with Crippen molar-refractivity contribution in [1.29, 1.82) is 0 Å². The second-order valence-electron chi connectivity index (χ2n) is 7.23. The highest BCUT2D eigenvalue weighted by Gasteiger charge is 2.42. The van der Waals surface area contributed by atoms with Crippen LogP contribution in [0.2, 0.25) is 5.02 Å². The summed E-state index contributed by atoms with van der Waals surface area (Å²) in [6.07, 6.45) is 2.84. The van der Waals surface area contributed by atoms with Gasteiger partial charge in [-0.05, 0) is 37.5 Å². The van der Waals surface area contributed by atoms with Crippen molar-refractivity contribution in [2.24, 2.45) is 5.92 Å². The molecule has 0 bridgehead atoms. The molecular formula is C19H22ClN3O3. The number of nitrogens with zero attached hydrogens (tertiary/aromatic N) is 3. The van der Waals surface area contributed by atoms with Crippen LogP contribution in [0.4, 0.5) is 5.69 Å². The highest BCUT2D eigenvalue weighted by atomic mass is 35.5. The average molecular weight is 376 g/mol. The molecule has 2 unspecified atom stereocenters. The third-order valence-electron chi connectivity index (χ3n) is 5.65. The number of anilines is 1. The van der Waals surface area contributed by atoms with Gasteiger partial charge in [-0.1, -0.05) is 17.7 Å². The summed E-state index contributed by atoms with van der Waals surface area (Å²) in [6.45, 7) is 2.48. The van der Waals surface area contributed by atoms with E-state index < -0.39 is 5.92 Å². The maximum Gasteiger partial charge on any atom is 0.239 e. The number of carbonyl (C=O) groups is 3. The zero-order valence-corrected chi connectivity index (χ0v) is 15.3. The van der Waals surface area contributed by atoms with Gasteiger partial charge in [-0.3, -0.25) is 14.4 Å². The van der Waals surface area contributed by atoms with E-state index in [1.54, 1.807) is 28.0 Å². The van der Waals surface area contributed by atoms with Crippen LogP contribution < -0.4 is 4.90 Å². The molecule has 4 rings (SSSR count). The summed E-state index contributed by atoms with van der Waals surface area (Å²) in [4.78, 5) is 42.9. The molecule has 3 aliphatic rings. The Kier molecular flexibility index (Phi) is 4.61. The molecule has 3 aliphatic heterocycles. The van der Waals surface area contributed by atoms with Gasteiger partial charge in [0, 0.05) is 43.3 Å². The monoisotopic (exact) mass is 375 g/mol. The number of amides is 3. The van der Waals surface area contributed by atoms with Crippen molar-refractivity contribution in [3.8, 4) is 0 Å². The number of halogens is 1. The minimum absolute atomic E-state index is 0.103. The van der Waals surface area contributed by atoms with Crippen LogP contribution in [0.3, 0.4) is 0 Å². The van der Waals surface area contributed by atoms with Crippen LogP contribution in [-0.4, -0.2) is 59.7 Å². The van der Waals surface area contributed by atoms with E-state index >= 15 is 0 Å². The summed E-state index contributed by atoms with van der Waals surface area (Å²) in [5.74, 6) is -0.693. The van der Waals surface area contributed by atoms with Gasteiger partial charge in [0.25, 0.3) is 0 Å². The van der Waals surface area contributed by atoms with Crippen molar-refractivity contribution in [3.63, 3.8) is 0 Å². The van der Waals surface area contributed by atoms with Gasteiger partial charge in [0.1, 0.15) is 5.92 Å². The van der Waals surface area contributed by atoms with Gasteiger partial charge in [0.2, 0.25) is 17.7 Å². The van der Waals surface area contributed by atoms with Crippen molar-refractivity contribution >= 4 is 35.0 Å². The van der Waals surface area contributed by atoms with Crippen molar-refractivity contribution < 1.29 is 14.4 Å². The quantitative estimate of drug-likeness (QED) is 0.758. The SMILES string of the molecule is O=C(C1CCN(c2cccc(Cl)c2)C1=O)N1CCC(N2CCCC2=O)C1. The summed E-state index contributed by atoms with van der Waals surface area (Å²) in [5, 5.41) is 0.572. The van der Waals surface area contributed by atoms with E-state index in [9.17, 15) is 14.4 Å². The molecule has 3 heterocycles. The van der Waals surface area contributed by atoms with Crippen LogP contribution >= 0.6 is 11.6 Å². The maximum atomic E-state index is 12.9. The Morgan fingerprint density at radius 3 is 2.69 bits per heavy atom. The van der Waals surface area contributed by atoms with Crippen LogP contribution in [0, 0.1) is 5.92 Å². The van der Waals surface area contributed by atoms with Gasteiger partial charge >= 0.3 is 0 Å². The standard InChI is InChI=1S/C19H22ClN3O3/c20-13-3-1-4-14(11-13)23-10-7-16(19(23)26)18(25)21-9-6-15(12-21)22-8-2-5-17(22)24/h1,3-4,11,15-16H,2,5-10,12H2. The Labute approximate surface area is 157 Å². The van der Waals surface area contributed by atoms with Gasteiger partial charge in [0.15, 0.2) is 0 Å². The topological polar surface area (TPSA) is 60.9 Å². The minimum Gasteiger partial charge on any atom is -0.340 e. The van der Waals surface area contributed by atoms with Crippen LogP contribution in [-0.2, 0) is 14.4 Å². The number of benzene rings is 1. The second-order valence-corrected chi connectivity index (χ2v) is 7.66. The predicted molar refractivity (Wildman–Crippen MR) is 97.8 cm³/mol. The third kappa shape index (κ3) is 3.07. The Morgan fingerprint density at radius 1 is 1.12 bits per heavy atom. The maximum absolute atomic E-state index is 12.9. The molecule has 3 amide bonds. The summed E-state index contributed by atoms with van der Waals surface area (Å²) in [5.41, 5.74) is 0.736. The molecule has 26 heavy (non-hydrogen) atoms. The molecule has 0 aliphatic carbocycles. The Balaban J connectivity index is 1.41. The van der Waals surface area contributed by atoms with Gasteiger partial charge in [0.05, 0.1) is 6.04 Å². The average Bonchev–Trinajstić information content (AvgIpc) is 3.33. The molecule has 0 saturated carbocycles. The summed E-state index contributed by atoms with van der Waals surface area (Å²) in [7, 11) is 0. The minimum atomic E-state index is -0.623.